The molecule has 2 heterocycles. The molecule has 17 heavy (non-hydrogen) atoms. The van der Waals surface area contributed by atoms with Gasteiger partial charge in [-0.3, -0.25) is 0 Å². The summed E-state index contributed by atoms with van der Waals surface area (Å²) in [6.45, 7) is 1.10. The molecule has 1 aliphatic carbocycles. The fraction of sp³-hybridized carbons (Fsp3) is 0.667. The summed E-state index contributed by atoms with van der Waals surface area (Å²) in [5.74, 6) is 1.82. The molecule has 1 aromatic heterocycles. The molecule has 3 nitrogen and oxygen atoms in total. The van der Waals surface area contributed by atoms with Crippen LogP contribution < -0.4 is 4.90 Å². The van der Waals surface area contributed by atoms with Gasteiger partial charge in [-0.1, -0.05) is 12.8 Å². The van der Waals surface area contributed by atoms with Crippen LogP contribution in [-0.2, 0) is 0 Å². The minimum absolute atomic E-state index is 0.336. The molecule has 1 saturated carbocycles. The van der Waals surface area contributed by atoms with E-state index < -0.39 is 0 Å². The Kier molecular flexibility index (Phi) is 3.26. The quantitative estimate of drug-likeness (QED) is 0.740. The summed E-state index contributed by atoms with van der Waals surface area (Å²) in [5, 5.41) is 0.336. The first-order chi connectivity index (χ1) is 8.25. The van der Waals surface area contributed by atoms with Crippen LogP contribution in [-0.4, -0.2) is 22.6 Å². The van der Waals surface area contributed by atoms with E-state index in [0.29, 0.717) is 11.3 Å². The van der Waals surface area contributed by atoms with E-state index >= 15 is 0 Å². The maximum absolute atomic E-state index is 5.90. The molecular formula is C12H15BrClN3. The molecule has 92 valence electrons. The maximum Gasteiger partial charge on any atom is 0.224 e. The van der Waals surface area contributed by atoms with Crippen LogP contribution in [0.5, 0.6) is 0 Å². The van der Waals surface area contributed by atoms with Crippen LogP contribution in [0.25, 0.3) is 0 Å². The lowest BCUT2D eigenvalue weighted by Crippen LogP contribution is -2.35. The Labute approximate surface area is 115 Å². The van der Waals surface area contributed by atoms with E-state index in [2.05, 4.69) is 30.8 Å². The summed E-state index contributed by atoms with van der Waals surface area (Å²) in [6, 6.07) is 0.658. The van der Waals surface area contributed by atoms with E-state index in [-0.39, 0.29) is 0 Å². The van der Waals surface area contributed by atoms with Crippen molar-refractivity contribution in [3.8, 4) is 0 Å². The Morgan fingerprint density at radius 3 is 3.00 bits per heavy atom. The predicted octanol–water partition coefficient (Wildman–Crippen LogP) is 3.66. The number of nitrogens with zero attached hydrogens (tertiary/aromatic N) is 3. The number of aromatic nitrogens is 2. The average Bonchev–Trinajstić information content (AvgIpc) is 2.76. The first-order valence-corrected chi connectivity index (χ1v) is 7.37. The third-order valence-corrected chi connectivity index (χ3v) is 4.72. The molecule has 0 radical (unpaired) electrons. The van der Waals surface area contributed by atoms with Gasteiger partial charge in [-0.15, -0.1) is 0 Å². The lowest BCUT2D eigenvalue weighted by Gasteiger charge is -2.32. The molecular weight excluding hydrogens is 302 g/mol. The molecule has 2 atom stereocenters. The SMILES string of the molecule is Clc1ncc(Br)c(N2CCC3CCCCC32)n1. The van der Waals surface area contributed by atoms with Gasteiger partial charge in [-0.05, 0) is 52.7 Å². The van der Waals surface area contributed by atoms with Gasteiger partial charge in [-0.2, -0.15) is 4.98 Å². The highest BCUT2D eigenvalue weighted by Crippen LogP contribution is 2.40. The van der Waals surface area contributed by atoms with Crippen molar-refractivity contribution in [2.24, 2.45) is 5.92 Å². The second-order valence-corrected chi connectivity index (χ2v) is 6.10. The second-order valence-electron chi connectivity index (χ2n) is 4.90. The van der Waals surface area contributed by atoms with Crippen molar-refractivity contribution in [2.75, 3.05) is 11.4 Å². The van der Waals surface area contributed by atoms with Crippen molar-refractivity contribution in [2.45, 2.75) is 38.1 Å². The third kappa shape index (κ3) is 2.17. The topological polar surface area (TPSA) is 29.0 Å². The Hall–Kier alpha value is -0.350. The summed E-state index contributed by atoms with van der Waals surface area (Å²) in [7, 11) is 0. The molecule has 1 aliphatic heterocycles. The van der Waals surface area contributed by atoms with Crippen molar-refractivity contribution in [3.05, 3.63) is 16.0 Å². The molecule has 0 amide bonds. The van der Waals surface area contributed by atoms with Gasteiger partial charge in [0, 0.05) is 18.8 Å². The zero-order valence-electron chi connectivity index (χ0n) is 9.57. The molecule has 2 aliphatic rings. The molecule has 2 unspecified atom stereocenters. The Bertz CT molecular complexity index is 426. The smallest absolute Gasteiger partial charge is 0.224 e. The highest BCUT2D eigenvalue weighted by atomic mass is 79.9. The standard InChI is InChI=1S/C12H15BrClN3/c13-9-7-15-12(14)16-11(9)17-6-5-8-3-1-2-4-10(8)17/h7-8,10H,1-6H2. The zero-order chi connectivity index (χ0) is 11.8. The largest absolute Gasteiger partial charge is 0.352 e. The number of anilines is 1. The molecule has 1 aromatic rings. The van der Waals surface area contributed by atoms with E-state index in [1.165, 1.54) is 32.1 Å². The van der Waals surface area contributed by atoms with Crippen molar-refractivity contribution >= 4 is 33.3 Å². The van der Waals surface area contributed by atoms with Crippen LogP contribution in [0.1, 0.15) is 32.1 Å². The molecule has 1 saturated heterocycles. The van der Waals surface area contributed by atoms with Crippen LogP contribution >= 0.6 is 27.5 Å². The molecule has 0 bridgehead atoms. The van der Waals surface area contributed by atoms with Crippen molar-refractivity contribution in [3.63, 3.8) is 0 Å². The number of hydrogen-bond donors (Lipinski definition) is 0. The molecule has 0 spiro atoms. The monoisotopic (exact) mass is 315 g/mol. The minimum atomic E-state index is 0.336. The van der Waals surface area contributed by atoms with Gasteiger partial charge in [0.1, 0.15) is 5.82 Å². The first-order valence-electron chi connectivity index (χ1n) is 6.20. The summed E-state index contributed by atoms with van der Waals surface area (Å²) < 4.78 is 0.952. The summed E-state index contributed by atoms with van der Waals surface area (Å²) in [5.41, 5.74) is 0. The zero-order valence-corrected chi connectivity index (χ0v) is 11.9. The fourth-order valence-electron chi connectivity index (χ4n) is 3.21. The van der Waals surface area contributed by atoms with Gasteiger partial charge >= 0.3 is 0 Å². The normalized spacial score (nSPS) is 28.2. The Morgan fingerprint density at radius 2 is 2.12 bits per heavy atom. The van der Waals surface area contributed by atoms with Crippen LogP contribution in [0, 0.1) is 5.92 Å². The molecule has 3 rings (SSSR count). The van der Waals surface area contributed by atoms with Gasteiger partial charge < -0.3 is 4.90 Å². The summed E-state index contributed by atoms with van der Waals surface area (Å²) in [6.07, 6.45) is 8.44. The van der Waals surface area contributed by atoms with E-state index in [1.807, 2.05) is 0 Å². The van der Waals surface area contributed by atoms with Gasteiger partial charge in [0.05, 0.1) is 4.47 Å². The molecule has 5 heteroatoms. The van der Waals surface area contributed by atoms with E-state index in [0.717, 1.165) is 22.8 Å². The van der Waals surface area contributed by atoms with E-state index in [9.17, 15) is 0 Å². The third-order valence-electron chi connectivity index (χ3n) is 3.98. The van der Waals surface area contributed by atoms with E-state index in [1.54, 1.807) is 6.20 Å². The van der Waals surface area contributed by atoms with Gasteiger partial charge in [0.15, 0.2) is 0 Å². The maximum atomic E-state index is 5.90. The summed E-state index contributed by atoms with van der Waals surface area (Å²) >= 11 is 9.43. The molecule has 2 fully saturated rings. The highest BCUT2D eigenvalue weighted by molar-refractivity contribution is 9.10. The van der Waals surface area contributed by atoms with Gasteiger partial charge in [-0.25, -0.2) is 4.98 Å². The molecule has 0 N–H and O–H groups in total. The number of rotatable bonds is 1. The predicted molar refractivity (Wildman–Crippen MR) is 72.5 cm³/mol. The van der Waals surface area contributed by atoms with Crippen molar-refractivity contribution in [1.82, 2.24) is 9.97 Å². The average molecular weight is 317 g/mol. The van der Waals surface area contributed by atoms with Crippen molar-refractivity contribution in [1.29, 1.82) is 0 Å². The Balaban J connectivity index is 1.91. The van der Waals surface area contributed by atoms with Gasteiger partial charge in [0.2, 0.25) is 5.28 Å². The number of fused-ring (bicyclic) bond motifs is 1. The lowest BCUT2D eigenvalue weighted by atomic mass is 9.85. The van der Waals surface area contributed by atoms with E-state index in [4.69, 9.17) is 11.6 Å². The molecule has 0 aromatic carbocycles. The minimum Gasteiger partial charge on any atom is -0.352 e. The van der Waals surface area contributed by atoms with Crippen molar-refractivity contribution < 1.29 is 0 Å². The van der Waals surface area contributed by atoms with Crippen LogP contribution in [0.3, 0.4) is 0 Å². The Morgan fingerprint density at radius 1 is 1.29 bits per heavy atom. The highest BCUT2D eigenvalue weighted by Gasteiger charge is 2.37. The lowest BCUT2D eigenvalue weighted by molar-refractivity contribution is 0.341. The van der Waals surface area contributed by atoms with Crippen LogP contribution in [0.4, 0.5) is 5.82 Å². The van der Waals surface area contributed by atoms with Crippen LogP contribution in [0.2, 0.25) is 5.28 Å². The first kappa shape index (κ1) is 11.7. The number of hydrogen-bond acceptors (Lipinski definition) is 3. The fourth-order valence-corrected chi connectivity index (χ4v) is 3.76. The second kappa shape index (κ2) is 4.73. The van der Waals surface area contributed by atoms with Crippen LogP contribution in [0.15, 0.2) is 10.7 Å². The summed E-state index contributed by atoms with van der Waals surface area (Å²) in [4.78, 5) is 10.8. The number of halogens is 2. The van der Waals surface area contributed by atoms with Gasteiger partial charge in [0.25, 0.3) is 0 Å².